The van der Waals surface area contributed by atoms with E-state index in [0.29, 0.717) is 36.6 Å². The Kier molecular flexibility index (Phi) is 6.24. The van der Waals surface area contributed by atoms with Crippen molar-refractivity contribution in [3.05, 3.63) is 52.9 Å². The Labute approximate surface area is 198 Å². The topological polar surface area (TPSA) is 114 Å². The second-order valence-electron chi connectivity index (χ2n) is 9.97. The summed E-state index contributed by atoms with van der Waals surface area (Å²) in [6.07, 6.45) is 5.76. The molecule has 0 unspecified atom stereocenters. The van der Waals surface area contributed by atoms with Crippen LogP contribution in [0.25, 0.3) is 10.4 Å². The fraction of sp³-hybridized carbons (Fsp3) is 0.440. The maximum atomic E-state index is 11.5. The Balaban J connectivity index is 1.56. The molecule has 0 atom stereocenters. The zero-order valence-electron chi connectivity index (χ0n) is 19.6. The number of thiazole rings is 1. The molecule has 3 aromatic rings. The third-order valence-corrected chi connectivity index (χ3v) is 7.40. The minimum absolute atomic E-state index is 0.0625. The molecule has 0 spiro atoms. The number of carbonyl (C=O) groups excluding carboxylic acids is 1. The minimum atomic E-state index is -0.999. The number of aryl methyl sites for hydroxylation is 1. The van der Waals surface area contributed by atoms with E-state index in [4.69, 9.17) is 5.73 Å². The highest BCUT2D eigenvalue weighted by atomic mass is 32.1. The van der Waals surface area contributed by atoms with E-state index in [9.17, 15) is 9.90 Å². The van der Waals surface area contributed by atoms with Gasteiger partial charge in [-0.25, -0.2) is 15.0 Å². The van der Waals surface area contributed by atoms with Crippen molar-refractivity contribution in [2.75, 3.05) is 5.32 Å². The van der Waals surface area contributed by atoms with E-state index >= 15 is 0 Å². The SMILES string of the molecule is Cc1cc(Nc2nccc(C(C)(C)C)n2)cc(-c2cnc([C@]3(O)CC[C@H](C(N)=O)CC3)s2)c1. The summed E-state index contributed by atoms with van der Waals surface area (Å²) >= 11 is 1.49. The minimum Gasteiger partial charge on any atom is -0.383 e. The number of hydrogen-bond acceptors (Lipinski definition) is 7. The largest absolute Gasteiger partial charge is 0.383 e. The van der Waals surface area contributed by atoms with Gasteiger partial charge in [0.25, 0.3) is 0 Å². The molecule has 0 aliphatic heterocycles. The number of rotatable bonds is 5. The second-order valence-corrected chi connectivity index (χ2v) is 11.0. The number of benzene rings is 1. The summed E-state index contributed by atoms with van der Waals surface area (Å²) in [4.78, 5) is 26.0. The van der Waals surface area contributed by atoms with Gasteiger partial charge in [-0.1, -0.05) is 26.8 Å². The third-order valence-electron chi connectivity index (χ3n) is 6.16. The summed E-state index contributed by atoms with van der Waals surface area (Å²) in [7, 11) is 0. The van der Waals surface area contributed by atoms with Crippen molar-refractivity contribution in [3.8, 4) is 10.4 Å². The van der Waals surface area contributed by atoms with Crippen LogP contribution in [-0.4, -0.2) is 26.0 Å². The summed E-state index contributed by atoms with van der Waals surface area (Å²) < 4.78 is 0. The van der Waals surface area contributed by atoms with Gasteiger partial charge in [0.15, 0.2) is 0 Å². The van der Waals surface area contributed by atoms with Crippen LogP contribution < -0.4 is 11.1 Å². The lowest BCUT2D eigenvalue weighted by atomic mass is 9.79. The van der Waals surface area contributed by atoms with Crippen LogP contribution >= 0.6 is 11.3 Å². The molecule has 8 heteroatoms. The van der Waals surface area contributed by atoms with Crippen LogP contribution in [0.15, 0.2) is 36.7 Å². The Morgan fingerprint density at radius 1 is 1.21 bits per heavy atom. The molecule has 0 bridgehead atoms. The average Bonchev–Trinajstić information content (AvgIpc) is 3.25. The van der Waals surface area contributed by atoms with E-state index < -0.39 is 5.60 Å². The lowest BCUT2D eigenvalue weighted by Gasteiger charge is -2.33. The van der Waals surface area contributed by atoms with Crippen LogP contribution in [0.5, 0.6) is 0 Å². The first-order valence-corrected chi connectivity index (χ1v) is 12.1. The molecule has 2 heterocycles. The standard InChI is InChI=1S/C25H31N5O2S/c1-15-11-17(13-18(12-15)29-23-27-10-7-20(30-23)24(2,3)4)19-14-28-22(33-19)25(32)8-5-16(6-9-25)21(26)31/h7,10-14,16,32H,5-6,8-9H2,1-4H3,(H2,26,31)(H,27,29,30)/t16-,25-. The van der Waals surface area contributed by atoms with Crippen molar-refractivity contribution in [2.45, 2.75) is 64.4 Å². The molecule has 33 heavy (non-hydrogen) atoms. The quantitative estimate of drug-likeness (QED) is 0.498. The number of amides is 1. The molecule has 1 aromatic carbocycles. The predicted octanol–water partition coefficient (Wildman–Crippen LogP) is 4.81. The zero-order valence-corrected chi connectivity index (χ0v) is 20.4. The molecule has 0 radical (unpaired) electrons. The van der Waals surface area contributed by atoms with Gasteiger partial charge in [0.05, 0.1) is 10.6 Å². The van der Waals surface area contributed by atoms with Gasteiger partial charge in [0, 0.05) is 29.4 Å². The fourth-order valence-corrected chi connectivity index (χ4v) is 5.23. The number of carbonyl (C=O) groups is 1. The first kappa shape index (κ1) is 23.3. The van der Waals surface area contributed by atoms with Crippen molar-refractivity contribution in [2.24, 2.45) is 11.7 Å². The molecule has 1 aliphatic carbocycles. The smallest absolute Gasteiger partial charge is 0.227 e. The first-order valence-electron chi connectivity index (χ1n) is 11.2. The number of aliphatic hydroxyl groups is 1. The number of anilines is 2. The lowest BCUT2D eigenvalue weighted by Crippen LogP contribution is -2.35. The third kappa shape index (κ3) is 5.23. The zero-order chi connectivity index (χ0) is 23.8. The summed E-state index contributed by atoms with van der Waals surface area (Å²) in [6, 6.07) is 8.14. The van der Waals surface area contributed by atoms with Gasteiger partial charge in [-0.05, 0) is 61.9 Å². The molecule has 174 valence electrons. The molecule has 1 aliphatic rings. The number of nitrogens with two attached hydrogens (primary N) is 1. The van der Waals surface area contributed by atoms with Gasteiger partial charge in [-0.3, -0.25) is 4.79 Å². The van der Waals surface area contributed by atoms with Crippen molar-refractivity contribution < 1.29 is 9.90 Å². The molecule has 7 nitrogen and oxygen atoms in total. The number of nitrogens with one attached hydrogen (secondary N) is 1. The van der Waals surface area contributed by atoms with E-state index in [1.165, 1.54) is 11.3 Å². The molecule has 4 N–H and O–H groups in total. The number of hydrogen-bond donors (Lipinski definition) is 3. The second kappa shape index (κ2) is 8.83. The van der Waals surface area contributed by atoms with Crippen LogP contribution in [0.2, 0.25) is 0 Å². The molecular formula is C25H31N5O2S. The van der Waals surface area contributed by atoms with E-state index in [1.807, 2.05) is 25.3 Å². The Hall–Kier alpha value is -2.84. The van der Waals surface area contributed by atoms with E-state index in [1.54, 1.807) is 6.20 Å². The summed E-state index contributed by atoms with van der Waals surface area (Å²) in [5, 5.41) is 15.2. The van der Waals surface area contributed by atoms with Crippen LogP contribution in [0, 0.1) is 12.8 Å². The Bertz CT molecular complexity index is 1160. The van der Waals surface area contributed by atoms with Crippen molar-refractivity contribution >= 4 is 28.9 Å². The van der Waals surface area contributed by atoms with Crippen LogP contribution in [0.3, 0.4) is 0 Å². The highest BCUT2D eigenvalue weighted by Gasteiger charge is 2.38. The van der Waals surface area contributed by atoms with E-state index in [0.717, 1.165) is 27.4 Å². The molecule has 2 aromatic heterocycles. The predicted molar refractivity (Wildman–Crippen MR) is 131 cm³/mol. The van der Waals surface area contributed by atoms with Gasteiger partial charge in [0.1, 0.15) is 10.6 Å². The molecule has 1 saturated carbocycles. The average molecular weight is 466 g/mol. The summed E-state index contributed by atoms with van der Waals surface area (Å²) in [5.41, 5.74) is 8.36. The molecule has 1 amide bonds. The van der Waals surface area contributed by atoms with Crippen LogP contribution in [0.1, 0.15) is 62.7 Å². The highest BCUT2D eigenvalue weighted by Crippen LogP contribution is 2.42. The Morgan fingerprint density at radius 3 is 2.61 bits per heavy atom. The van der Waals surface area contributed by atoms with E-state index in [2.05, 4.69) is 53.2 Å². The van der Waals surface area contributed by atoms with E-state index in [-0.39, 0.29) is 17.2 Å². The van der Waals surface area contributed by atoms with Gasteiger partial charge in [-0.2, -0.15) is 0 Å². The molecule has 4 rings (SSSR count). The van der Waals surface area contributed by atoms with Gasteiger partial charge >= 0.3 is 0 Å². The van der Waals surface area contributed by atoms with Gasteiger partial charge < -0.3 is 16.2 Å². The first-order chi connectivity index (χ1) is 15.5. The van der Waals surface area contributed by atoms with Crippen LogP contribution in [0.4, 0.5) is 11.6 Å². The van der Waals surface area contributed by atoms with Crippen LogP contribution in [-0.2, 0) is 15.8 Å². The molecular weight excluding hydrogens is 434 g/mol. The van der Waals surface area contributed by atoms with Crippen molar-refractivity contribution in [1.29, 1.82) is 0 Å². The van der Waals surface area contributed by atoms with Gasteiger partial charge in [0.2, 0.25) is 11.9 Å². The normalized spacial score (nSPS) is 21.1. The molecule has 1 fully saturated rings. The van der Waals surface area contributed by atoms with Crippen molar-refractivity contribution in [1.82, 2.24) is 15.0 Å². The lowest BCUT2D eigenvalue weighted by molar-refractivity contribution is -0.124. The number of primary amides is 1. The van der Waals surface area contributed by atoms with Gasteiger partial charge in [-0.15, -0.1) is 11.3 Å². The summed E-state index contributed by atoms with van der Waals surface area (Å²) in [5.74, 6) is 0.118. The monoisotopic (exact) mass is 465 g/mol. The fourth-order valence-electron chi connectivity index (χ4n) is 4.18. The Morgan fingerprint density at radius 2 is 1.94 bits per heavy atom. The van der Waals surface area contributed by atoms with Crippen molar-refractivity contribution in [3.63, 3.8) is 0 Å². The maximum absolute atomic E-state index is 11.5. The molecule has 0 saturated heterocycles. The number of nitrogens with zero attached hydrogens (tertiary/aromatic N) is 3. The summed E-state index contributed by atoms with van der Waals surface area (Å²) in [6.45, 7) is 8.42. The highest BCUT2D eigenvalue weighted by molar-refractivity contribution is 7.15. The maximum Gasteiger partial charge on any atom is 0.227 e. The number of aromatic nitrogens is 3.